The predicted octanol–water partition coefficient (Wildman–Crippen LogP) is 3.59. The third-order valence-corrected chi connectivity index (χ3v) is 5.15. The first-order chi connectivity index (χ1) is 9.92. The minimum atomic E-state index is 0.512. The summed E-state index contributed by atoms with van der Waals surface area (Å²) in [4.78, 5) is 0. The Morgan fingerprint density at radius 1 is 1.05 bits per heavy atom. The third kappa shape index (κ3) is 2.06. The second-order valence-corrected chi connectivity index (χ2v) is 6.45. The molecule has 1 unspecified atom stereocenters. The van der Waals surface area contributed by atoms with Crippen LogP contribution in [0.2, 0.25) is 0 Å². The van der Waals surface area contributed by atoms with E-state index in [4.69, 9.17) is 5.10 Å². The normalized spacial score (nSPS) is 21.6. The molecule has 20 heavy (non-hydrogen) atoms. The number of rotatable bonds is 1. The maximum absolute atomic E-state index is 4.85. The fourth-order valence-corrected chi connectivity index (χ4v) is 3.99. The van der Waals surface area contributed by atoms with Crippen LogP contribution in [-0.4, -0.2) is 25.8 Å². The van der Waals surface area contributed by atoms with Gasteiger partial charge in [-0.15, -0.1) is 10.2 Å². The minimum absolute atomic E-state index is 0.512. The molecule has 5 heteroatoms. The molecule has 1 aliphatic heterocycles. The van der Waals surface area contributed by atoms with Crippen LogP contribution in [0, 0.1) is 0 Å². The molecule has 0 N–H and O–H groups in total. The molecule has 0 spiro atoms. The Morgan fingerprint density at radius 2 is 1.95 bits per heavy atom. The average Bonchev–Trinajstić information content (AvgIpc) is 2.76. The van der Waals surface area contributed by atoms with Crippen LogP contribution in [0.5, 0.6) is 0 Å². The summed E-state index contributed by atoms with van der Waals surface area (Å²) in [7, 11) is 0. The van der Waals surface area contributed by atoms with E-state index >= 15 is 0 Å². The first-order valence-electron chi connectivity index (χ1n) is 7.17. The molecule has 1 saturated carbocycles. The molecule has 1 aromatic carbocycles. The largest absolute Gasteiger partial charge is 0.213 e. The molecule has 0 saturated heterocycles. The van der Waals surface area contributed by atoms with E-state index in [-0.39, 0.29) is 0 Å². The van der Waals surface area contributed by atoms with Gasteiger partial charge >= 0.3 is 0 Å². The van der Waals surface area contributed by atoms with Gasteiger partial charge in [-0.05, 0) is 19.3 Å². The quantitative estimate of drug-likeness (QED) is 0.803. The smallest absolute Gasteiger partial charge is 0.187 e. The number of nitrogens with zero attached hydrogens (tertiary/aromatic N) is 4. The van der Waals surface area contributed by atoms with E-state index in [1.54, 1.807) is 0 Å². The molecule has 0 bridgehead atoms. The predicted molar refractivity (Wildman–Crippen MR) is 81.0 cm³/mol. The lowest BCUT2D eigenvalue weighted by Crippen LogP contribution is -2.22. The molecule has 102 valence electrons. The number of benzene rings is 1. The van der Waals surface area contributed by atoms with Gasteiger partial charge in [-0.2, -0.15) is 9.78 Å². The zero-order valence-electron chi connectivity index (χ0n) is 11.2. The Morgan fingerprint density at radius 3 is 2.85 bits per heavy atom. The Hall–Kier alpha value is -1.62. The summed E-state index contributed by atoms with van der Waals surface area (Å²) in [5.74, 6) is 0.850. The van der Waals surface area contributed by atoms with Crippen molar-refractivity contribution in [2.24, 2.45) is 5.10 Å². The number of fused-ring (bicyclic) bond motifs is 2. The molecule has 2 heterocycles. The van der Waals surface area contributed by atoms with E-state index in [1.807, 2.05) is 34.6 Å². The van der Waals surface area contributed by atoms with E-state index in [0.717, 1.165) is 23.0 Å². The first kappa shape index (κ1) is 12.1. The van der Waals surface area contributed by atoms with Gasteiger partial charge in [-0.3, -0.25) is 0 Å². The summed E-state index contributed by atoms with van der Waals surface area (Å²) < 4.78 is 1.93. The van der Waals surface area contributed by atoms with Crippen molar-refractivity contribution < 1.29 is 0 Å². The van der Waals surface area contributed by atoms with Crippen LogP contribution in [-0.2, 0) is 0 Å². The highest BCUT2D eigenvalue weighted by molar-refractivity contribution is 8.00. The molecular weight excluding hydrogens is 268 g/mol. The lowest BCUT2D eigenvalue weighted by atomic mass is 10.2. The fraction of sp³-hybridized carbons (Fsp3) is 0.400. The molecule has 2 aromatic rings. The number of aromatic nitrogens is 3. The van der Waals surface area contributed by atoms with Crippen molar-refractivity contribution in [2.45, 2.75) is 42.5 Å². The fourth-order valence-electron chi connectivity index (χ4n) is 2.83. The molecule has 1 atom stereocenters. The summed E-state index contributed by atoms with van der Waals surface area (Å²) in [6, 6.07) is 10.2. The van der Waals surface area contributed by atoms with Gasteiger partial charge in [0, 0.05) is 5.56 Å². The Kier molecular flexibility index (Phi) is 3.07. The Balaban J connectivity index is 1.77. The summed E-state index contributed by atoms with van der Waals surface area (Å²) in [5, 5.41) is 15.0. The second kappa shape index (κ2) is 5.05. The van der Waals surface area contributed by atoms with E-state index < -0.39 is 0 Å². The van der Waals surface area contributed by atoms with Crippen molar-refractivity contribution in [3.05, 3.63) is 30.3 Å². The number of hydrogen-bond donors (Lipinski definition) is 0. The van der Waals surface area contributed by atoms with Crippen molar-refractivity contribution in [2.75, 3.05) is 0 Å². The second-order valence-electron chi connectivity index (χ2n) is 5.28. The number of hydrogen-bond acceptors (Lipinski definition) is 4. The van der Waals surface area contributed by atoms with Crippen molar-refractivity contribution in [3.63, 3.8) is 0 Å². The highest BCUT2D eigenvalue weighted by Gasteiger charge is 2.28. The third-order valence-electron chi connectivity index (χ3n) is 3.89. The van der Waals surface area contributed by atoms with Crippen LogP contribution in [0.3, 0.4) is 0 Å². The van der Waals surface area contributed by atoms with Gasteiger partial charge in [0.05, 0.1) is 11.0 Å². The molecule has 2 aliphatic rings. The molecule has 1 aromatic heterocycles. The van der Waals surface area contributed by atoms with Gasteiger partial charge in [0.1, 0.15) is 0 Å². The van der Waals surface area contributed by atoms with E-state index in [2.05, 4.69) is 22.3 Å². The van der Waals surface area contributed by atoms with Crippen LogP contribution >= 0.6 is 11.8 Å². The highest BCUT2D eigenvalue weighted by atomic mass is 32.2. The monoisotopic (exact) mass is 284 g/mol. The van der Waals surface area contributed by atoms with Gasteiger partial charge in [0.15, 0.2) is 5.82 Å². The molecular formula is C15H16N4S. The van der Waals surface area contributed by atoms with Crippen LogP contribution < -0.4 is 0 Å². The molecule has 4 rings (SSSR count). The summed E-state index contributed by atoms with van der Waals surface area (Å²) >= 11 is 1.83. The maximum Gasteiger partial charge on any atom is 0.213 e. The molecule has 1 fully saturated rings. The van der Waals surface area contributed by atoms with Crippen LogP contribution in [0.25, 0.3) is 11.4 Å². The SMILES string of the molecule is c1ccc(-c2nnc3n2N=C2CCCCCC2S3)cc1. The zero-order chi connectivity index (χ0) is 13.4. The first-order valence-corrected chi connectivity index (χ1v) is 8.05. The van der Waals surface area contributed by atoms with Crippen molar-refractivity contribution >= 4 is 17.5 Å². The maximum atomic E-state index is 4.85. The Labute approximate surface area is 122 Å². The van der Waals surface area contributed by atoms with E-state index in [1.165, 1.54) is 31.4 Å². The van der Waals surface area contributed by atoms with Gasteiger partial charge in [0.25, 0.3) is 0 Å². The number of thioether (sulfide) groups is 1. The lowest BCUT2D eigenvalue weighted by Gasteiger charge is -2.20. The van der Waals surface area contributed by atoms with Crippen LogP contribution in [0.1, 0.15) is 32.1 Å². The van der Waals surface area contributed by atoms with E-state index in [0.29, 0.717) is 5.25 Å². The van der Waals surface area contributed by atoms with Gasteiger partial charge in [-0.1, -0.05) is 54.9 Å². The van der Waals surface area contributed by atoms with Crippen molar-refractivity contribution in [3.8, 4) is 11.4 Å². The van der Waals surface area contributed by atoms with Gasteiger partial charge in [-0.25, -0.2) is 0 Å². The van der Waals surface area contributed by atoms with E-state index in [9.17, 15) is 0 Å². The van der Waals surface area contributed by atoms with Crippen molar-refractivity contribution in [1.82, 2.24) is 14.9 Å². The standard InChI is InChI=1S/C15H16N4S/c1-3-7-11(8-4-1)14-16-17-15-19(14)18-12-9-5-2-6-10-13(12)20-15/h1,3-4,7-8,13H,2,5-6,9-10H2. The minimum Gasteiger partial charge on any atom is -0.187 e. The molecule has 1 aliphatic carbocycles. The lowest BCUT2D eigenvalue weighted by molar-refractivity contribution is 0.702. The summed E-state index contributed by atoms with van der Waals surface area (Å²) in [6.07, 6.45) is 6.22. The summed E-state index contributed by atoms with van der Waals surface area (Å²) in [5.41, 5.74) is 2.39. The molecule has 0 amide bonds. The highest BCUT2D eigenvalue weighted by Crippen LogP contribution is 2.36. The zero-order valence-corrected chi connectivity index (χ0v) is 12.0. The van der Waals surface area contributed by atoms with Crippen LogP contribution in [0.4, 0.5) is 0 Å². The Bertz CT molecular complexity index is 647. The topological polar surface area (TPSA) is 43.1 Å². The average molecular weight is 284 g/mol. The molecule has 4 nitrogen and oxygen atoms in total. The van der Waals surface area contributed by atoms with Crippen molar-refractivity contribution in [1.29, 1.82) is 0 Å². The van der Waals surface area contributed by atoms with Gasteiger partial charge < -0.3 is 0 Å². The molecule has 0 radical (unpaired) electrons. The van der Waals surface area contributed by atoms with Crippen LogP contribution in [0.15, 0.2) is 40.6 Å². The van der Waals surface area contributed by atoms with Gasteiger partial charge in [0.2, 0.25) is 5.16 Å². The summed E-state index contributed by atoms with van der Waals surface area (Å²) in [6.45, 7) is 0.